The van der Waals surface area contributed by atoms with E-state index in [9.17, 15) is 5.11 Å². The van der Waals surface area contributed by atoms with Crippen LogP contribution in [-0.2, 0) is 5.41 Å². The predicted octanol–water partition coefficient (Wildman–Crippen LogP) is 6.22. The minimum absolute atomic E-state index is 0.0729. The molecule has 1 aliphatic heterocycles. The van der Waals surface area contributed by atoms with E-state index in [1.54, 1.807) is 17.8 Å². The van der Waals surface area contributed by atoms with Gasteiger partial charge in [0, 0.05) is 22.9 Å². The van der Waals surface area contributed by atoms with Gasteiger partial charge in [-0.1, -0.05) is 96.2 Å². The maximum atomic E-state index is 10.6. The first-order valence-electron chi connectivity index (χ1n) is 11.0. The molecule has 3 rings (SSSR count). The van der Waals surface area contributed by atoms with Gasteiger partial charge in [0.15, 0.2) is 0 Å². The van der Waals surface area contributed by atoms with E-state index in [1.807, 2.05) is 23.2 Å². The fourth-order valence-corrected chi connectivity index (χ4v) is 4.96. The molecule has 2 heterocycles. The largest absolute Gasteiger partial charge is 0.508 e. The number of phenolic OH excluding ortho intramolecular Hbond substituents is 1. The number of guanidine groups is 1. The molecule has 2 N–H and O–H groups in total. The summed E-state index contributed by atoms with van der Waals surface area (Å²) in [6, 6.07) is 7.42. The van der Waals surface area contributed by atoms with Gasteiger partial charge in [0.2, 0.25) is 11.1 Å². The van der Waals surface area contributed by atoms with E-state index in [-0.39, 0.29) is 22.0 Å². The molecule has 1 atom stereocenters. The molecule has 9 heteroatoms. The number of hydrogen-bond acceptors (Lipinski definition) is 7. The molecule has 1 aliphatic rings. The van der Waals surface area contributed by atoms with Crippen LogP contribution in [0.25, 0.3) is 0 Å². The molecule has 0 saturated heterocycles. The summed E-state index contributed by atoms with van der Waals surface area (Å²) in [5.74, 6) is 0.870. The Bertz CT molecular complexity index is 987. The van der Waals surface area contributed by atoms with Gasteiger partial charge in [-0.15, -0.1) is 10.2 Å². The van der Waals surface area contributed by atoms with E-state index in [0.717, 1.165) is 28.5 Å². The van der Waals surface area contributed by atoms with Gasteiger partial charge in [0.25, 0.3) is 0 Å². The van der Waals surface area contributed by atoms with Gasteiger partial charge in [-0.05, 0) is 12.5 Å². The van der Waals surface area contributed by atoms with E-state index < -0.39 is 0 Å². The molecule has 0 spiro atoms. The number of hydrogen-bond donors (Lipinski definition) is 2. The van der Waals surface area contributed by atoms with E-state index in [0.29, 0.717) is 17.6 Å². The highest BCUT2D eigenvalue weighted by molar-refractivity contribution is 8.14. The van der Waals surface area contributed by atoms with Gasteiger partial charge < -0.3 is 5.11 Å². The van der Waals surface area contributed by atoms with Crippen LogP contribution in [0.4, 0.5) is 5.13 Å². The first-order chi connectivity index (χ1) is 15.0. The molecule has 0 radical (unpaired) electrons. The van der Waals surface area contributed by atoms with Gasteiger partial charge in [0.05, 0.1) is 0 Å². The fraction of sp³-hybridized carbons (Fsp3) is 0.565. The van der Waals surface area contributed by atoms with Gasteiger partial charge in [-0.3, -0.25) is 10.3 Å². The summed E-state index contributed by atoms with van der Waals surface area (Å²) in [7, 11) is 0. The van der Waals surface area contributed by atoms with Crippen LogP contribution in [0.2, 0.25) is 0 Å². The van der Waals surface area contributed by atoms with Crippen LogP contribution < -0.4 is 5.32 Å². The SMILES string of the molecule is CCCCN=C(Nc1nnc(C(C)(C)C)s1)N1N=C(C(C)(C)C)SC1c1ccccc1O. The van der Waals surface area contributed by atoms with Crippen LogP contribution in [0, 0.1) is 5.41 Å². The minimum atomic E-state index is -0.228. The molecule has 1 aromatic heterocycles. The highest BCUT2D eigenvalue weighted by Gasteiger charge is 2.38. The van der Waals surface area contributed by atoms with E-state index >= 15 is 0 Å². The van der Waals surface area contributed by atoms with Gasteiger partial charge in [0.1, 0.15) is 21.2 Å². The maximum Gasteiger partial charge on any atom is 0.222 e. The smallest absolute Gasteiger partial charge is 0.222 e. The van der Waals surface area contributed by atoms with Gasteiger partial charge in [-0.2, -0.15) is 5.10 Å². The second-order valence-corrected chi connectivity index (χ2v) is 11.9. The third kappa shape index (κ3) is 5.81. The summed E-state index contributed by atoms with van der Waals surface area (Å²) in [5.41, 5.74) is 0.605. The number of anilines is 1. The number of thioether (sulfide) groups is 1. The lowest BCUT2D eigenvalue weighted by Gasteiger charge is -2.25. The summed E-state index contributed by atoms with van der Waals surface area (Å²) in [4.78, 5) is 4.85. The standard InChI is InChI=1S/C23H34N6OS2/c1-8-9-14-24-20(25-21-27-26-18(32-21)22(2,3)4)29-17(15-12-10-11-13-16(15)30)31-19(28-29)23(5,6)7/h10-13,17,30H,8-9,14H2,1-7H3,(H,24,25,27). The topological polar surface area (TPSA) is 86.0 Å². The van der Waals surface area contributed by atoms with E-state index in [4.69, 9.17) is 10.1 Å². The Morgan fingerprint density at radius 2 is 1.84 bits per heavy atom. The van der Waals surface area contributed by atoms with Crippen molar-refractivity contribution in [3.8, 4) is 5.75 Å². The molecule has 7 nitrogen and oxygen atoms in total. The van der Waals surface area contributed by atoms with Crippen molar-refractivity contribution in [2.75, 3.05) is 11.9 Å². The molecule has 0 fully saturated rings. The molecule has 1 unspecified atom stereocenters. The van der Waals surface area contributed by atoms with E-state index in [1.165, 1.54) is 11.3 Å². The monoisotopic (exact) mass is 474 g/mol. The highest BCUT2D eigenvalue weighted by atomic mass is 32.2. The highest BCUT2D eigenvalue weighted by Crippen LogP contribution is 2.46. The number of nitrogens with zero attached hydrogens (tertiary/aromatic N) is 5. The van der Waals surface area contributed by atoms with Crippen molar-refractivity contribution in [3.05, 3.63) is 34.8 Å². The fourth-order valence-electron chi connectivity index (χ4n) is 2.89. The van der Waals surface area contributed by atoms with Crippen LogP contribution in [0.5, 0.6) is 5.75 Å². The lowest BCUT2D eigenvalue weighted by molar-refractivity contribution is 0.407. The first-order valence-corrected chi connectivity index (χ1v) is 12.7. The Hall–Kier alpha value is -2.13. The van der Waals surface area contributed by atoms with E-state index in [2.05, 4.69) is 64.0 Å². The summed E-state index contributed by atoms with van der Waals surface area (Å²) in [6.45, 7) is 15.6. The number of aliphatic imine (C=N–C) groups is 1. The average molecular weight is 475 g/mol. The summed E-state index contributed by atoms with van der Waals surface area (Å²) >= 11 is 3.17. The Morgan fingerprint density at radius 3 is 2.44 bits per heavy atom. The molecular weight excluding hydrogens is 440 g/mol. The zero-order chi connectivity index (χ0) is 23.5. The van der Waals surface area contributed by atoms with Crippen LogP contribution in [-0.4, -0.2) is 37.9 Å². The predicted molar refractivity (Wildman–Crippen MR) is 137 cm³/mol. The number of aromatic nitrogens is 2. The maximum absolute atomic E-state index is 10.6. The molecule has 0 bridgehead atoms. The van der Waals surface area contributed by atoms with Crippen LogP contribution >= 0.6 is 23.1 Å². The number of aromatic hydroxyl groups is 1. The van der Waals surface area contributed by atoms with Crippen molar-refractivity contribution in [1.29, 1.82) is 0 Å². The zero-order valence-corrected chi connectivity index (χ0v) is 21.6. The first kappa shape index (κ1) is 24.5. The Balaban J connectivity index is 2.00. The number of benzene rings is 1. The molecule has 32 heavy (non-hydrogen) atoms. The summed E-state index contributed by atoms with van der Waals surface area (Å²) in [5, 5.41) is 31.9. The minimum Gasteiger partial charge on any atom is -0.508 e. The van der Waals surface area contributed by atoms with Crippen molar-refractivity contribution in [3.63, 3.8) is 0 Å². The third-order valence-corrected chi connectivity index (χ3v) is 7.62. The second kappa shape index (κ2) is 9.79. The lowest BCUT2D eigenvalue weighted by atomic mass is 9.98. The van der Waals surface area contributed by atoms with Crippen LogP contribution in [0.3, 0.4) is 0 Å². The Kier molecular flexibility index (Phi) is 7.50. The average Bonchev–Trinajstić information content (AvgIpc) is 3.34. The molecular formula is C23H34N6OS2. The molecule has 1 aromatic carbocycles. The second-order valence-electron chi connectivity index (χ2n) is 9.87. The van der Waals surface area contributed by atoms with Gasteiger partial charge in [-0.25, -0.2) is 5.01 Å². The molecule has 0 amide bonds. The van der Waals surface area contributed by atoms with Crippen LogP contribution in [0.1, 0.15) is 77.3 Å². The normalized spacial score (nSPS) is 17.6. The quantitative estimate of drug-likeness (QED) is 0.304. The van der Waals surface area contributed by atoms with Crippen LogP contribution in [0.15, 0.2) is 34.4 Å². The molecule has 2 aromatic rings. The number of rotatable bonds is 5. The number of hydrazone groups is 1. The summed E-state index contributed by atoms with van der Waals surface area (Å²) in [6.07, 6.45) is 2.03. The molecule has 0 saturated carbocycles. The van der Waals surface area contributed by atoms with Crippen molar-refractivity contribution in [1.82, 2.24) is 15.2 Å². The molecule has 0 aliphatic carbocycles. The molecule has 174 valence electrons. The van der Waals surface area contributed by atoms with Crippen molar-refractivity contribution in [2.45, 2.75) is 72.1 Å². The van der Waals surface area contributed by atoms with Crippen molar-refractivity contribution >= 4 is 39.2 Å². The number of unbranched alkanes of at least 4 members (excludes halogenated alkanes) is 1. The van der Waals surface area contributed by atoms with Gasteiger partial charge >= 0.3 is 0 Å². The zero-order valence-electron chi connectivity index (χ0n) is 20.0. The lowest BCUT2D eigenvalue weighted by Crippen LogP contribution is -2.33. The van der Waals surface area contributed by atoms with Crippen molar-refractivity contribution in [2.24, 2.45) is 15.5 Å². The number of phenols is 1. The number of para-hydroxylation sites is 1. The number of nitrogens with one attached hydrogen (secondary N) is 1. The Labute approximate surface area is 199 Å². The third-order valence-electron chi connectivity index (χ3n) is 4.76. The summed E-state index contributed by atoms with van der Waals surface area (Å²) < 4.78 is 0. The van der Waals surface area contributed by atoms with Crippen molar-refractivity contribution < 1.29 is 5.11 Å². The Morgan fingerprint density at radius 1 is 1.12 bits per heavy atom.